The molecule has 0 saturated carbocycles. The zero-order valence-electron chi connectivity index (χ0n) is 8.03. The van der Waals surface area contributed by atoms with Gasteiger partial charge in [0.1, 0.15) is 6.10 Å². The van der Waals surface area contributed by atoms with Crippen molar-refractivity contribution in [1.29, 1.82) is 0 Å². The predicted molar refractivity (Wildman–Crippen MR) is 56.2 cm³/mol. The van der Waals surface area contributed by atoms with Crippen molar-refractivity contribution in [3.8, 4) is 0 Å². The molecule has 0 amide bonds. The zero-order valence-corrected chi connectivity index (χ0v) is 8.85. The van der Waals surface area contributed by atoms with Gasteiger partial charge in [0.05, 0.1) is 6.61 Å². The SMILES string of the molecule is NC(N)=S.O=C1O[C@H]([C@@H](O)CO)C(O)=C1O. The first-order valence-electron chi connectivity index (χ1n) is 3.98. The Morgan fingerprint density at radius 3 is 2.19 bits per heavy atom. The average molecular weight is 252 g/mol. The summed E-state index contributed by atoms with van der Waals surface area (Å²) < 4.78 is 4.32. The molecule has 2 atom stereocenters. The highest BCUT2D eigenvalue weighted by molar-refractivity contribution is 7.80. The third-order valence-corrected chi connectivity index (χ3v) is 1.48. The first kappa shape index (κ1) is 14.4. The van der Waals surface area contributed by atoms with E-state index in [-0.39, 0.29) is 5.11 Å². The molecule has 0 aromatic rings. The maximum absolute atomic E-state index is 10.5. The van der Waals surface area contributed by atoms with Crippen LogP contribution in [0.25, 0.3) is 0 Å². The minimum atomic E-state index is -1.42. The van der Waals surface area contributed by atoms with Crippen LogP contribution in [0.4, 0.5) is 0 Å². The van der Waals surface area contributed by atoms with Crippen LogP contribution in [-0.2, 0) is 9.53 Å². The molecule has 0 spiro atoms. The van der Waals surface area contributed by atoms with Crippen molar-refractivity contribution >= 4 is 23.3 Å². The van der Waals surface area contributed by atoms with E-state index in [1.54, 1.807) is 0 Å². The van der Waals surface area contributed by atoms with E-state index in [9.17, 15) is 4.79 Å². The molecule has 1 rings (SSSR count). The number of nitrogens with two attached hydrogens (primary N) is 2. The standard InChI is InChI=1S/C6H8O6.CH4N2S/c7-1-2(8)5-3(9)4(10)6(11)12-5;2-1(3)4/h2,5,7-10H,1H2;(H4,2,3,4)/t2-,5+;/m0./s1. The Labute approximate surface area is 95.7 Å². The van der Waals surface area contributed by atoms with Gasteiger partial charge < -0.3 is 36.6 Å². The minimum absolute atomic E-state index is 0.000000000000000222. The van der Waals surface area contributed by atoms with Crippen molar-refractivity contribution in [2.75, 3.05) is 6.61 Å². The van der Waals surface area contributed by atoms with Crippen molar-refractivity contribution in [3.05, 3.63) is 11.5 Å². The minimum Gasteiger partial charge on any atom is -0.505 e. The van der Waals surface area contributed by atoms with Crippen LogP contribution >= 0.6 is 12.2 Å². The summed E-state index contributed by atoms with van der Waals surface area (Å²) in [7, 11) is 0. The maximum atomic E-state index is 10.5. The monoisotopic (exact) mass is 252 g/mol. The molecular weight excluding hydrogens is 240 g/mol. The number of rotatable bonds is 2. The molecule has 8 N–H and O–H groups in total. The summed E-state index contributed by atoms with van der Waals surface area (Å²) in [5.74, 6) is -2.78. The molecule has 1 heterocycles. The first-order valence-corrected chi connectivity index (χ1v) is 4.39. The molecule has 0 radical (unpaired) electrons. The molecule has 16 heavy (non-hydrogen) atoms. The highest BCUT2D eigenvalue weighted by atomic mass is 32.1. The number of aliphatic hydroxyl groups is 4. The fraction of sp³-hybridized carbons (Fsp3) is 0.429. The molecule has 0 fully saturated rings. The summed E-state index contributed by atoms with van der Waals surface area (Å²) >= 11 is 4.09. The largest absolute Gasteiger partial charge is 0.505 e. The number of carbonyl (C=O) groups is 1. The number of hydrogen-bond acceptors (Lipinski definition) is 7. The second-order valence-electron chi connectivity index (χ2n) is 2.71. The van der Waals surface area contributed by atoms with E-state index in [2.05, 4.69) is 28.4 Å². The van der Waals surface area contributed by atoms with E-state index >= 15 is 0 Å². The Morgan fingerprint density at radius 1 is 1.50 bits per heavy atom. The van der Waals surface area contributed by atoms with E-state index in [4.69, 9.17) is 20.4 Å². The van der Waals surface area contributed by atoms with E-state index in [1.807, 2.05) is 0 Å². The summed E-state index contributed by atoms with van der Waals surface area (Å²) in [6.07, 6.45) is -2.78. The maximum Gasteiger partial charge on any atom is 0.377 e. The molecule has 1 aliphatic rings. The van der Waals surface area contributed by atoms with Crippen LogP contribution in [0.3, 0.4) is 0 Å². The van der Waals surface area contributed by atoms with Crippen molar-refractivity contribution in [2.45, 2.75) is 12.2 Å². The Kier molecular flexibility index (Phi) is 5.50. The smallest absolute Gasteiger partial charge is 0.377 e. The lowest BCUT2D eigenvalue weighted by atomic mass is 10.2. The van der Waals surface area contributed by atoms with Gasteiger partial charge in [-0.3, -0.25) is 0 Å². The van der Waals surface area contributed by atoms with Crippen LogP contribution in [-0.4, -0.2) is 50.3 Å². The van der Waals surface area contributed by atoms with Crippen LogP contribution in [0.1, 0.15) is 0 Å². The van der Waals surface area contributed by atoms with Gasteiger partial charge in [-0.1, -0.05) is 0 Å². The van der Waals surface area contributed by atoms with Gasteiger partial charge in [-0.15, -0.1) is 0 Å². The molecule has 0 aromatic carbocycles. The number of carbonyl (C=O) groups excluding carboxylic acids is 1. The lowest BCUT2D eigenvalue weighted by Gasteiger charge is -2.13. The number of hydrogen-bond donors (Lipinski definition) is 6. The van der Waals surface area contributed by atoms with Crippen LogP contribution in [0.5, 0.6) is 0 Å². The van der Waals surface area contributed by atoms with E-state index in [0.29, 0.717) is 0 Å². The highest BCUT2D eigenvalue weighted by Crippen LogP contribution is 2.20. The lowest BCUT2D eigenvalue weighted by molar-refractivity contribution is -0.147. The van der Waals surface area contributed by atoms with Crippen molar-refractivity contribution in [1.82, 2.24) is 0 Å². The van der Waals surface area contributed by atoms with Gasteiger partial charge in [0.15, 0.2) is 17.0 Å². The second-order valence-corrected chi connectivity index (χ2v) is 3.18. The van der Waals surface area contributed by atoms with E-state index in [0.717, 1.165) is 0 Å². The van der Waals surface area contributed by atoms with Crippen LogP contribution in [0.2, 0.25) is 0 Å². The molecule has 9 heteroatoms. The highest BCUT2D eigenvalue weighted by Gasteiger charge is 2.38. The van der Waals surface area contributed by atoms with Crippen molar-refractivity contribution in [3.63, 3.8) is 0 Å². The molecule has 1 aliphatic heterocycles. The Hall–Kier alpha value is -1.58. The number of thiocarbonyl (C=S) groups is 1. The lowest BCUT2D eigenvalue weighted by Crippen LogP contribution is -2.31. The summed E-state index contributed by atoms with van der Waals surface area (Å²) in [6, 6.07) is 0. The summed E-state index contributed by atoms with van der Waals surface area (Å²) in [4.78, 5) is 10.5. The summed E-state index contributed by atoms with van der Waals surface area (Å²) in [5, 5.41) is 35.0. The van der Waals surface area contributed by atoms with Gasteiger partial charge >= 0.3 is 5.97 Å². The van der Waals surface area contributed by atoms with Gasteiger partial charge in [-0.2, -0.15) is 0 Å². The molecule has 0 aromatic heterocycles. The topological polar surface area (TPSA) is 159 Å². The second kappa shape index (κ2) is 6.10. The summed E-state index contributed by atoms with van der Waals surface area (Å²) in [6.45, 7) is -0.671. The van der Waals surface area contributed by atoms with Crippen LogP contribution in [0.15, 0.2) is 11.5 Å². The molecule has 0 saturated heterocycles. The summed E-state index contributed by atoms with van der Waals surface area (Å²) in [5.41, 5.74) is 9.24. The van der Waals surface area contributed by atoms with Crippen LogP contribution in [0, 0.1) is 0 Å². The molecule has 0 aliphatic carbocycles. The quantitative estimate of drug-likeness (QED) is 0.236. The molecule has 0 unspecified atom stereocenters. The molecule has 92 valence electrons. The number of cyclic esters (lactones) is 1. The third kappa shape index (κ3) is 3.88. The Bertz CT molecular complexity index is 314. The molecule has 0 bridgehead atoms. The van der Waals surface area contributed by atoms with Gasteiger partial charge in [0.2, 0.25) is 5.76 Å². The Morgan fingerprint density at radius 2 is 1.94 bits per heavy atom. The van der Waals surface area contributed by atoms with E-state index < -0.39 is 36.3 Å². The van der Waals surface area contributed by atoms with Gasteiger partial charge in [-0.05, 0) is 12.2 Å². The fourth-order valence-electron chi connectivity index (χ4n) is 0.823. The third-order valence-electron chi connectivity index (χ3n) is 1.48. The van der Waals surface area contributed by atoms with Crippen molar-refractivity contribution < 1.29 is 30.0 Å². The van der Waals surface area contributed by atoms with Crippen molar-refractivity contribution in [2.24, 2.45) is 11.5 Å². The molecular formula is C7H12N2O6S. The first-order chi connectivity index (χ1) is 7.31. The normalized spacial score (nSPS) is 20.9. The Balaban J connectivity index is 0.000000487. The average Bonchev–Trinajstić information content (AvgIpc) is 2.44. The predicted octanol–water partition coefficient (Wildman–Crippen LogP) is -2.22. The van der Waals surface area contributed by atoms with Gasteiger partial charge in [0.25, 0.3) is 0 Å². The van der Waals surface area contributed by atoms with Crippen LogP contribution < -0.4 is 11.5 Å². The van der Waals surface area contributed by atoms with Gasteiger partial charge in [-0.25, -0.2) is 4.79 Å². The fourth-order valence-corrected chi connectivity index (χ4v) is 0.823. The number of ether oxygens (including phenoxy) is 1. The zero-order chi connectivity index (χ0) is 12.9. The number of esters is 1. The van der Waals surface area contributed by atoms with Gasteiger partial charge in [0, 0.05) is 0 Å². The van der Waals surface area contributed by atoms with E-state index in [1.165, 1.54) is 0 Å². The molecule has 8 nitrogen and oxygen atoms in total. The number of aliphatic hydroxyl groups excluding tert-OH is 4.